The van der Waals surface area contributed by atoms with Gasteiger partial charge in [0.2, 0.25) is 5.91 Å². The Hall–Kier alpha value is -2.08. The molecule has 1 unspecified atom stereocenters. The number of carbonyl (C=O) groups excluding carboxylic acids is 1. The van der Waals surface area contributed by atoms with Crippen LogP contribution in [0.4, 0.5) is 0 Å². The van der Waals surface area contributed by atoms with Crippen LogP contribution in [-0.2, 0) is 16.0 Å². The maximum Gasteiger partial charge on any atom is 0.317 e. The van der Waals surface area contributed by atoms with E-state index in [1.54, 1.807) is 7.11 Å². The summed E-state index contributed by atoms with van der Waals surface area (Å²) in [5.41, 5.74) is 0.976. The van der Waals surface area contributed by atoms with Crippen molar-refractivity contribution in [3.63, 3.8) is 0 Å². The number of methoxy groups -OCH3 is 1. The number of carboxylic acid groups (broad SMARTS) is 1. The Morgan fingerprint density at radius 2 is 1.96 bits per heavy atom. The van der Waals surface area contributed by atoms with Crippen molar-refractivity contribution in [2.24, 2.45) is 0 Å². The van der Waals surface area contributed by atoms with Crippen molar-refractivity contribution < 1.29 is 19.4 Å². The summed E-state index contributed by atoms with van der Waals surface area (Å²) in [5, 5.41) is 8.91. The number of nitrogens with zero attached hydrogens (tertiary/aromatic N) is 2. The van der Waals surface area contributed by atoms with Crippen LogP contribution in [0.5, 0.6) is 5.75 Å². The number of hydrogen-bond acceptors (Lipinski definition) is 4. The Kier molecular flexibility index (Phi) is 6.61. The first-order chi connectivity index (χ1) is 11.5. The van der Waals surface area contributed by atoms with Crippen LogP contribution >= 0.6 is 0 Å². The molecule has 1 saturated heterocycles. The lowest BCUT2D eigenvalue weighted by Crippen LogP contribution is -2.37. The minimum atomic E-state index is -0.811. The van der Waals surface area contributed by atoms with Gasteiger partial charge in [-0.25, -0.2) is 0 Å². The molecule has 0 bridgehead atoms. The first-order valence-electron chi connectivity index (χ1n) is 8.32. The average molecular weight is 334 g/mol. The smallest absolute Gasteiger partial charge is 0.317 e. The van der Waals surface area contributed by atoms with Crippen molar-refractivity contribution in [2.45, 2.75) is 31.7 Å². The van der Waals surface area contributed by atoms with Crippen molar-refractivity contribution in [1.29, 1.82) is 0 Å². The van der Waals surface area contributed by atoms with Gasteiger partial charge in [-0.05, 0) is 44.0 Å². The molecule has 1 heterocycles. The molecule has 1 N–H and O–H groups in total. The first kappa shape index (κ1) is 18.3. The van der Waals surface area contributed by atoms with Gasteiger partial charge in [-0.2, -0.15) is 0 Å². The standard InChI is InChI=1S/C18H26N2O4/c1-19(13-18(22)23)15-4-3-10-20(11-9-15)17(21)12-14-5-7-16(24-2)8-6-14/h5-8,15H,3-4,9-13H2,1-2H3,(H,22,23). The van der Waals surface area contributed by atoms with E-state index in [1.165, 1.54) is 0 Å². The second-order valence-corrected chi connectivity index (χ2v) is 6.30. The predicted molar refractivity (Wildman–Crippen MR) is 91.2 cm³/mol. The van der Waals surface area contributed by atoms with Crippen LogP contribution in [0.2, 0.25) is 0 Å². The number of carboxylic acids is 1. The van der Waals surface area contributed by atoms with Crippen molar-refractivity contribution in [1.82, 2.24) is 9.80 Å². The molecular weight excluding hydrogens is 308 g/mol. The van der Waals surface area contributed by atoms with Crippen LogP contribution in [0.3, 0.4) is 0 Å². The molecule has 6 nitrogen and oxygen atoms in total. The molecule has 0 radical (unpaired) electrons. The lowest BCUT2D eigenvalue weighted by Gasteiger charge is -2.25. The van der Waals surface area contributed by atoms with Crippen molar-refractivity contribution in [2.75, 3.05) is 33.8 Å². The fourth-order valence-corrected chi connectivity index (χ4v) is 3.14. The molecule has 0 spiro atoms. The SMILES string of the molecule is COc1ccc(CC(=O)N2CCCC(N(C)CC(=O)O)CC2)cc1. The van der Waals surface area contributed by atoms with E-state index >= 15 is 0 Å². The largest absolute Gasteiger partial charge is 0.497 e. The fraction of sp³-hybridized carbons (Fsp3) is 0.556. The van der Waals surface area contributed by atoms with E-state index in [2.05, 4.69) is 0 Å². The van der Waals surface area contributed by atoms with Crippen LogP contribution in [0.1, 0.15) is 24.8 Å². The lowest BCUT2D eigenvalue weighted by molar-refractivity contribution is -0.138. The van der Waals surface area contributed by atoms with Crippen molar-refractivity contribution in [3.8, 4) is 5.75 Å². The topological polar surface area (TPSA) is 70.1 Å². The Bertz CT molecular complexity index is 559. The molecule has 2 rings (SSSR count). The number of amides is 1. The highest BCUT2D eigenvalue weighted by Gasteiger charge is 2.23. The molecular formula is C18H26N2O4. The zero-order chi connectivity index (χ0) is 17.5. The van der Waals surface area contributed by atoms with Gasteiger partial charge in [0.25, 0.3) is 0 Å². The summed E-state index contributed by atoms with van der Waals surface area (Å²) >= 11 is 0. The van der Waals surface area contributed by atoms with Gasteiger partial charge in [0.15, 0.2) is 0 Å². The number of likely N-dealkylation sites (N-methyl/N-ethyl adjacent to an activating group) is 1. The summed E-state index contributed by atoms with van der Waals surface area (Å²) in [6, 6.07) is 7.78. The van der Waals surface area contributed by atoms with Gasteiger partial charge in [0.05, 0.1) is 20.1 Å². The summed E-state index contributed by atoms with van der Waals surface area (Å²) in [6.45, 7) is 1.47. The Morgan fingerprint density at radius 1 is 1.25 bits per heavy atom. The first-order valence-corrected chi connectivity index (χ1v) is 8.32. The highest BCUT2D eigenvalue weighted by Crippen LogP contribution is 2.17. The minimum absolute atomic E-state index is 0.0461. The minimum Gasteiger partial charge on any atom is -0.497 e. The number of hydrogen-bond donors (Lipinski definition) is 1. The summed E-state index contributed by atoms with van der Waals surface area (Å²) in [5.74, 6) is 0.0983. The van der Waals surface area contributed by atoms with Gasteiger partial charge in [-0.3, -0.25) is 14.5 Å². The van der Waals surface area contributed by atoms with E-state index in [1.807, 2.05) is 41.1 Å². The number of aliphatic carboxylic acids is 1. The normalized spacial score (nSPS) is 18.3. The maximum absolute atomic E-state index is 12.5. The Labute approximate surface area is 143 Å². The zero-order valence-corrected chi connectivity index (χ0v) is 14.4. The van der Waals surface area contributed by atoms with Crippen LogP contribution in [0.25, 0.3) is 0 Å². The van der Waals surface area contributed by atoms with Gasteiger partial charge in [-0.15, -0.1) is 0 Å². The molecule has 24 heavy (non-hydrogen) atoms. The molecule has 1 aliphatic rings. The molecule has 6 heteroatoms. The van der Waals surface area contributed by atoms with Crippen molar-refractivity contribution >= 4 is 11.9 Å². The number of likely N-dealkylation sites (tertiary alicyclic amines) is 1. The predicted octanol–water partition coefficient (Wildman–Crippen LogP) is 1.64. The Balaban J connectivity index is 1.87. The lowest BCUT2D eigenvalue weighted by atomic mass is 10.1. The molecule has 0 aliphatic carbocycles. The third kappa shape index (κ3) is 5.23. The monoisotopic (exact) mass is 334 g/mol. The molecule has 132 valence electrons. The molecule has 1 amide bonds. The third-order valence-corrected chi connectivity index (χ3v) is 4.57. The van der Waals surface area contributed by atoms with E-state index in [0.29, 0.717) is 13.0 Å². The Morgan fingerprint density at radius 3 is 2.58 bits per heavy atom. The van der Waals surface area contributed by atoms with E-state index < -0.39 is 5.97 Å². The molecule has 1 fully saturated rings. The van der Waals surface area contributed by atoms with E-state index in [-0.39, 0.29) is 18.5 Å². The number of rotatable bonds is 6. The van der Waals surface area contributed by atoms with E-state index in [0.717, 1.165) is 37.1 Å². The highest BCUT2D eigenvalue weighted by molar-refractivity contribution is 5.78. The average Bonchev–Trinajstić information content (AvgIpc) is 2.81. The summed E-state index contributed by atoms with van der Waals surface area (Å²) in [4.78, 5) is 27.1. The number of carbonyl (C=O) groups is 2. The van der Waals surface area contributed by atoms with Gasteiger partial charge in [-0.1, -0.05) is 12.1 Å². The molecule has 1 aromatic rings. The van der Waals surface area contributed by atoms with Crippen LogP contribution in [0, 0.1) is 0 Å². The fourth-order valence-electron chi connectivity index (χ4n) is 3.14. The summed E-state index contributed by atoms with van der Waals surface area (Å²) < 4.78 is 5.13. The second-order valence-electron chi connectivity index (χ2n) is 6.30. The van der Waals surface area contributed by atoms with Crippen LogP contribution < -0.4 is 4.74 Å². The van der Waals surface area contributed by atoms with Crippen LogP contribution in [-0.4, -0.2) is 66.6 Å². The summed E-state index contributed by atoms with van der Waals surface area (Å²) in [6.07, 6.45) is 3.04. The molecule has 1 atom stereocenters. The molecule has 1 aliphatic heterocycles. The van der Waals surface area contributed by atoms with Gasteiger partial charge in [0.1, 0.15) is 5.75 Å². The number of ether oxygens (including phenoxy) is 1. The van der Waals surface area contributed by atoms with Gasteiger partial charge >= 0.3 is 5.97 Å². The van der Waals surface area contributed by atoms with Crippen molar-refractivity contribution in [3.05, 3.63) is 29.8 Å². The zero-order valence-electron chi connectivity index (χ0n) is 14.4. The molecule has 1 aromatic carbocycles. The molecule has 0 aromatic heterocycles. The van der Waals surface area contributed by atoms with E-state index in [4.69, 9.17) is 9.84 Å². The number of benzene rings is 1. The molecule has 0 saturated carbocycles. The van der Waals surface area contributed by atoms with E-state index in [9.17, 15) is 9.59 Å². The second kappa shape index (κ2) is 8.68. The quantitative estimate of drug-likeness (QED) is 0.856. The van der Waals surface area contributed by atoms with Crippen LogP contribution in [0.15, 0.2) is 24.3 Å². The van der Waals surface area contributed by atoms with Gasteiger partial charge < -0.3 is 14.7 Å². The summed E-state index contributed by atoms with van der Waals surface area (Å²) in [7, 11) is 3.46. The highest BCUT2D eigenvalue weighted by atomic mass is 16.5. The third-order valence-electron chi connectivity index (χ3n) is 4.57. The van der Waals surface area contributed by atoms with Gasteiger partial charge in [0, 0.05) is 19.1 Å². The maximum atomic E-state index is 12.5.